The second-order valence-corrected chi connectivity index (χ2v) is 12.0. The van der Waals surface area contributed by atoms with E-state index in [-0.39, 0.29) is 6.09 Å². The van der Waals surface area contributed by atoms with E-state index in [1.165, 1.54) is 5.56 Å². The van der Waals surface area contributed by atoms with Crippen molar-refractivity contribution in [2.75, 3.05) is 13.1 Å². The maximum Gasteiger partial charge on any atom is 0.410 e. The Bertz CT molecular complexity index is 1700. The van der Waals surface area contributed by atoms with Crippen molar-refractivity contribution in [2.45, 2.75) is 79.0 Å². The molecule has 0 saturated carbocycles. The predicted molar refractivity (Wildman–Crippen MR) is 190 cm³/mol. The van der Waals surface area contributed by atoms with Gasteiger partial charge in [0.2, 0.25) is 0 Å². The first-order valence-corrected chi connectivity index (χ1v) is 15.9. The van der Waals surface area contributed by atoms with E-state index in [4.69, 9.17) is 9.72 Å². The van der Waals surface area contributed by atoms with Crippen molar-refractivity contribution in [3.63, 3.8) is 0 Å². The second kappa shape index (κ2) is 17.5. The molecule has 2 aromatic heterocycles. The summed E-state index contributed by atoms with van der Waals surface area (Å²) in [6, 6.07) is 14.6. The van der Waals surface area contributed by atoms with Crippen LogP contribution in [0.25, 0.3) is 22.5 Å². The molecule has 8 nitrogen and oxygen atoms in total. The van der Waals surface area contributed by atoms with Crippen molar-refractivity contribution in [1.82, 2.24) is 30.2 Å². The van der Waals surface area contributed by atoms with Gasteiger partial charge in [-0.25, -0.2) is 14.8 Å². The van der Waals surface area contributed by atoms with Crippen LogP contribution in [0.2, 0.25) is 0 Å². The quantitative estimate of drug-likeness (QED) is 0.135. The molecular formula is C39H46N6O2. The Morgan fingerprint density at radius 1 is 0.957 bits per heavy atom. The zero-order valence-corrected chi connectivity index (χ0v) is 28.2. The van der Waals surface area contributed by atoms with E-state index < -0.39 is 5.60 Å². The lowest BCUT2D eigenvalue weighted by Gasteiger charge is -2.26. The average Bonchev–Trinajstić information content (AvgIpc) is 3.72. The SMILES string of the molecule is C#C.C#C.CCCNCc1ncc(-c2ccc(C#Cc3ccc4c(c3)CCc3[nH]c(CN(CCC)C(=O)OC(C)(C)C)nc3-4)cc2)[nH]1. The van der Waals surface area contributed by atoms with Crippen molar-refractivity contribution >= 4 is 6.09 Å². The van der Waals surface area contributed by atoms with Crippen LogP contribution in [-0.2, 0) is 30.7 Å². The number of carbonyl (C=O) groups excluding carboxylic acids is 1. The van der Waals surface area contributed by atoms with E-state index in [0.29, 0.717) is 13.1 Å². The molecule has 0 unspecified atom stereocenters. The molecule has 2 heterocycles. The zero-order chi connectivity index (χ0) is 34.4. The molecule has 4 aromatic rings. The molecule has 0 aliphatic heterocycles. The first-order valence-electron chi connectivity index (χ1n) is 15.9. The third-order valence-electron chi connectivity index (χ3n) is 7.21. The van der Waals surface area contributed by atoms with Crippen molar-refractivity contribution in [1.29, 1.82) is 0 Å². The minimum Gasteiger partial charge on any atom is -0.444 e. The topological polar surface area (TPSA) is 98.9 Å². The van der Waals surface area contributed by atoms with Crippen LogP contribution >= 0.6 is 0 Å². The number of amides is 1. The number of carbonyl (C=O) groups is 1. The van der Waals surface area contributed by atoms with E-state index >= 15 is 0 Å². The number of hydrogen-bond donors (Lipinski definition) is 3. The Morgan fingerprint density at radius 3 is 2.34 bits per heavy atom. The number of nitrogens with zero attached hydrogens (tertiary/aromatic N) is 3. The summed E-state index contributed by atoms with van der Waals surface area (Å²) in [6.07, 6.45) is 21.3. The lowest BCUT2D eigenvalue weighted by Crippen LogP contribution is -2.37. The number of nitrogens with one attached hydrogen (secondary N) is 3. The number of rotatable bonds is 9. The number of benzene rings is 2. The fourth-order valence-electron chi connectivity index (χ4n) is 5.18. The summed E-state index contributed by atoms with van der Waals surface area (Å²) in [7, 11) is 0. The van der Waals surface area contributed by atoms with E-state index in [1.807, 2.05) is 39.1 Å². The van der Waals surface area contributed by atoms with Gasteiger partial charge in [0, 0.05) is 28.9 Å². The van der Waals surface area contributed by atoms with Gasteiger partial charge < -0.3 is 24.9 Å². The van der Waals surface area contributed by atoms with Crippen molar-refractivity contribution in [2.24, 2.45) is 0 Å². The Balaban J connectivity index is 0.00000144. The van der Waals surface area contributed by atoms with E-state index in [2.05, 4.69) is 102 Å². The molecule has 0 saturated heterocycles. The van der Waals surface area contributed by atoms with Gasteiger partial charge in [0.1, 0.15) is 17.2 Å². The third kappa shape index (κ3) is 10.1. The smallest absolute Gasteiger partial charge is 0.410 e. The summed E-state index contributed by atoms with van der Waals surface area (Å²) in [5.41, 5.74) is 7.96. The minimum absolute atomic E-state index is 0.312. The molecule has 0 radical (unpaired) electrons. The fourth-order valence-corrected chi connectivity index (χ4v) is 5.18. The van der Waals surface area contributed by atoms with Crippen LogP contribution in [0, 0.1) is 37.5 Å². The van der Waals surface area contributed by atoms with E-state index in [1.54, 1.807) is 4.90 Å². The Morgan fingerprint density at radius 2 is 1.66 bits per heavy atom. The predicted octanol–water partition coefficient (Wildman–Crippen LogP) is 7.11. The molecule has 8 heteroatoms. The van der Waals surface area contributed by atoms with Gasteiger partial charge >= 0.3 is 6.09 Å². The number of ether oxygens (including phenoxy) is 1. The highest BCUT2D eigenvalue weighted by molar-refractivity contribution is 5.71. The molecule has 0 bridgehead atoms. The summed E-state index contributed by atoms with van der Waals surface area (Å²) in [5.74, 6) is 8.37. The van der Waals surface area contributed by atoms with Crippen LogP contribution in [0.4, 0.5) is 4.79 Å². The number of hydrogen-bond acceptors (Lipinski definition) is 5. The fraction of sp³-hybridized carbons (Fsp3) is 0.359. The third-order valence-corrected chi connectivity index (χ3v) is 7.21. The molecule has 1 aliphatic carbocycles. The van der Waals surface area contributed by atoms with Crippen molar-refractivity contribution in [3.8, 4) is 60.0 Å². The maximum atomic E-state index is 12.8. The molecule has 244 valence electrons. The number of fused-ring (bicyclic) bond motifs is 3. The summed E-state index contributed by atoms with van der Waals surface area (Å²) in [6.45, 7) is 12.6. The van der Waals surface area contributed by atoms with Gasteiger partial charge in [-0.15, -0.1) is 25.7 Å². The average molecular weight is 631 g/mol. The van der Waals surface area contributed by atoms with Crippen LogP contribution < -0.4 is 5.32 Å². The summed E-state index contributed by atoms with van der Waals surface area (Å²) in [4.78, 5) is 30.7. The number of H-pyrrole nitrogens is 2. The van der Waals surface area contributed by atoms with E-state index in [0.717, 1.165) is 89.8 Å². The molecule has 0 fully saturated rings. The van der Waals surface area contributed by atoms with Gasteiger partial charge in [0.25, 0.3) is 0 Å². The molecule has 2 aromatic carbocycles. The largest absolute Gasteiger partial charge is 0.444 e. The standard InChI is InChI=1S/C35H42N6O2.2C2H2/c1-6-18-36-22-31-37-21-30(39-31)26-13-10-24(11-14-26)8-9-25-12-16-28-27(20-25)15-17-29-33(28)40-32(38-29)23-41(19-7-2)34(42)43-35(3,4)5;2*1-2/h10-14,16,20-21,36H,6-7,15,17-19,22-23H2,1-5H3,(H,37,39)(H,38,40);2*1-2H. The first-order chi connectivity index (χ1) is 22.7. The molecule has 47 heavy (non-hydrogen) atoms. The number of imidazole rings is 2. The van der Waals surface area contributed by atoms with Crippen molar-refractivity contribution < 1.29 is 9.53 Å². The summed E-state index contributed by atoms with van der Waals surface area (Å²) in [5, 5.41) is 3.37. The Kier molecular flexibility index (Phi) is 13.5. The molecule has 0 spiro atoms. The van der Waals surface area contributed by atoms with E-state index in [9.17, 15) is 4.79 Å². The number of terminal acetylenes is 2. The van der Waals surface area contributed by atoms with Crippen LogP contribution in [-0.4, -0.2) is 49.6 Å². The van der Waals surface area contributed by atoms with Gasteiger partial charge in [0.05, 0.1) is 30.7 Å². The van der Waals surface area contributed by atoms with Crippen molar-refractivity contribution in [3.05, 3.63) is 82.7 Å². The number of aromatic nitrogens is 4. The Hall–Kier alpha value is -5.23. The first kappa shape index (κ1) is 36.2. The van der Waals surface area contributed by atoms with Gasteiger partial charge in [0.15, 0.2) is 0 Å². The van der Waals surface area contributed by atoms with Crippen LogP contribution in [0.1, 0.15) is 81.5 Å². The van der Waals surface area contributed by atoms with Gasteiger partial charge in [-0.1, -0.05) is 43.9 Å². The number of aryl methyl sites for hydroxylation is 2. The lowest BCUT2D eigenvalue weighted by molar-refractivity contribution is 0.0229. The zero-order valence-electron chi connectivity index (χ0n) is 28.2. The monoisotopic (exact) mass is 630 g/mol. The molecule has 3 N–H and O–H groups in total. The van der Waals surface area contributed by atoms with Gasteiger partial charge in [-0.2, -0.15) is 0 Å². The number of aromatic amines is 2. The molecule has 5 rings (SSSR count). The minimum atomic E-state index is -0.537. The highest BCUT2D eigenvalue weighted by atomic mass is 16.6. The summed E-state index contributed by atoms with van der Waals surface area (Å²) >= 11 is 0. The molecular weight excluding hydrogens is 584 g/mol. The van der Waals surface area contributed by atoms with Crippen LogP contribution in [0.15, 0.2) is 48.7 Å². The van der Waals surface area contributed by atoms with Crippen LogP contribution in [0.5, 0.6) is 0 Å². The Labute approximate surface area is 280 Å². The highest BCUT2D eigenvalue weighted by Crippen LogP contribution is 2.33. The molecule has 1 amide bonds. The normalized spacial score (nSPS) is 11.3. The van der Waals surface area contributed by atoms with Crippen LogP contribution in [0.3, 0.4) is 0 Å². The molecule has 0 atom stereocenters. The molecule has 1 aliphatic rings. The summed E-state index contributed by atoms with van der Waals surface area (Å²) < 4.78 is 5.62. The second-order valence-electron chi connectivity index (χ2n) is 12.0. The van der Waals surface area contributed by atoms with Gasteiger partial charge in [-0.3, -0.25) is 0 Å². The highest BCUT2D eigenvalue weighted by Gasteiger charge is 2.25. The maximum absolute atomic E-state index is 12.8. The lowest BCUT2D eigenvalue weighted by atomic mass is 9.91. The van der Waals surface area contributed by atoms with Gasteiger partial charge in [-0.05, 0) is 88.4 Å².